The Morgan fingerprint density at radius 2 is 1.18 bits per heavy atom. The number of nitrogens with zero attached hydrogens (tertiary/aromatic N) is 4. The molecule has 2 aliphatic carbocycles. The maximum Gasteiger partial charge on any atom is 0.262 e. The third-order valence-corrected chi connectivity index (χ3v) is 5.84. The summed E-state index contributed by atoms with van der Waals surface area (Å²) in [5.41, 5.74) is -5.11. The molecule has 0 radical (unpaired) electrons. The number of carbonyl (C=O) groups is 4. The summed E-state index contributed by atoms with van der Waals surface area (Å²) in [5, 5.41) is 14.0. The lowest BCUT2D eigenvalue weighted by atomic mass is 10.3. The van der Waals surface area contributed by atoms with Crippen LogP contribution >= 0.6 is 0 Å². The van der Waals surface area contributed by atoms with Gasteiger partial charge in [-0.25, -0.2) is 0 Å². The van der Waals surface area contributed by atoms with E-state index >= 15 is 0 Å². The minimum Gasteiger partial charge on any atom is -0.314 e. The molecular weight excluding hydrogens is 292 g/mol. The molecule has 10 nitrogen and oxygen atoms in total. The summed E-state index contributed by atoms with van der Waals surface area (Å²) >= 11 is 0. The predicted molar refractivity (Wildman–Crippen MR) is 65.2 cm³/mol. The minimum atomic E-state index is -1.36. The second kappa shape index (κ2) is 2.61. The molecule has 2 spiro atoms. The summed E-state index contributed by atoms with van der Waals surface area (Å²) in [4.78, 5) is 51.0. The van der Waals surface area contributed by atoms with Crippen molar-refractivity contribution in [1.29, 1.82) is 0 Å². The van der Waals surface area contributed by atoms with Gasteiger partial charge in [0.05, 0.1) is 0 Å². The van der Waals surface area contributed by atoms with Crippen LogP contribution in [0.3, 0.4) is 0 Å². The number of ketones is 2. The van der Waals surface area contributed by atoms with Gasteiger partial charge in [0, 0.05) is 26.2 Å². The monoisotopic (exact) mass is 302 g/mol. The second-order valence-corrected chi connectivity index (χ2v) is 6.47. The van der Waals surface area contributed by atoms with Crippen molar-refractivity contribution in [3.8, 4) is 0 Å². The van der Waals surface area contributed by atoms with E-state index in [1.807, 2.05) is 0 Å². The van der Waals surface area contributed by atoms with Gasteiger partial charge >= 0.3 is 0 Å². The van der Waals surface area contributed by atoms with Gasteiger partial charge in [0.2, 0.25) is 34.0 Å². The van der Waals surface area contributed by atoms with E-state index in [4.69, 9.17) is 0 Å². The summed E-state index contributed by atoms with van der Waals surface area (Å²) in [5.74, 6) is -1.12. The number of amides is 2. The first-order valence-electron chi connectivity index (χ1n) is 7.20. The van der Waals surface area contributed by atoms with Crippen LogP contribution in [0, 0.1) is 0 Å². The number of nitrogens with one attached hydrogen (secondary N) is 2. The number of hydrogen-bond acceptors (Lipinski definition) is 8. The SMILES string of the molecule is O=C1N2CCNC3(/N=N/C45NCCN6C(=O)C64C5=O)C(=O)C123. The van der Waals surface area contributed by atoms with Crippen molar-refractivity contribution in [2.24, 2.45) is 10.2 Å². The van der Waals surface area contributed by atoms with Gasteiger partial charge in [-0.2, -0.15) is 10.2 Å². The number of carbonyl (C=O) groups excluding carboxylic acids is 4. The Hall–Kier alpha value is -2.20. The quantitative estimate of drug-likeness (QED) is 0.308. The maximum atomic E-state index is 12.2. The molecule has 2 amide bonds. The highest BCUT2D eigenvalue weighted by Gasteiger charge is 3.00. The average molecular weight is 302 g/mol. The summed E-state index contributed by atoms with van der Waals surface area (Å²) in [6, 6.07) is 0. The van der Waals surface area contributed by atoms with Crippen LogP contribution in [0.4, 0.5) is 0 Å². The number of azo groups is 1. The lowest BCUT2D eigenvalue weighted by molar-refractivity contribution is -0.116. The molecule has 6 fully saturated rings. The van der Waals surface area contributed by atoms with Crippen molar-refractivity contribution in [2.45, 2.75) is 22.4 Å². The highest BCUT2D eigenvalue weighted by molar-refractivity contribution is 6.42. The van der Waals surface area contributed by atoms with E-state index in [1.165, 1.54) is 9.80 Å². The highest BCUT2D eigenvalue weighted by atomic mass is 16.2. The summed E-state index contributed by atoms with van der Waals surface area (Å²) in [7, 11) is 0. The van der Waals surface area contributed by atoms with Crippen LogP contribution in [0.2, 0.25) is 0 Å². The lowest BCUT2D eigenvalue weighted by Gasteiger charge is -2.18. The van der Waals surface area contributed by atoms with Crippen molar-refractivity contribution in [3.63, 3.8) is 0 Å². The van der Waals surface area contributed by atoms with Crippen LogP contribution in [-0.4, -0.2) is 81.8 Å². The molecule has 4 unspecified atom stereocenters. The predicted octanol–water partition coefficient (Wildman–Crippen LogP) is -3.63. The molecule has 0 bridgehead atoms. The first-order valence-corrected chi connectivity index (χ1v) is 7.20. The molecule has 0 aromatic carbocycles. The normalized spacial score (nSPS) is 53.1. The average Bonchev–Trinajstić information content (AvgIpc) is 3.47. The van der Waals surface area contributed by atoms with E-state index in [9.17, 15) is 19.2 Å². The van der Waals surface area contributed by atoms with Crippen LogP contribution in [0.5, 0.6) is 0 Å². The Balaban J connectivity index is 1.40. The Morgan fingerprint density at radius 1 is 0.773 bits per heavy atom. The van der Waals surface area contributed by atoms with Crippen LogP contribution in [-0.2, 0) is 19.2 Å². The molecule has 0 aromatic rings. The molecule has 112 valence electrons. The number of hydrogen-bond donors (Lipinski definition) is 2. The van der Waals surface area contributed by atoms with E-state index in [-0.39, 0.29) is 23.4 Å². The topological polar surface area (TPSA) is 123 Å². The molecule has 22 heavy (non-hydrogen) atoms. The van der Waals surface area contributed by atoms with Crippen molar-refractivity contribution in [2.75, 3.05) is 26.2 Å². The molecule has 4 aliphatic heterocycles. The molecule has 2 saturated carbocycles. The van der Waals surface area contributed by atoms with Crippen molar-refractivity contribution in [1.82, 2.24) is 20.4 Å². The number of Topliss-reactive ketones (excluding diaryl/α,β-unsaturated/α-hetero) is 2. The van der Waals surface area contributed by atoms with Crippen molar-refractivity contribution < 1.29 is 19.2 Å². The summed E-state index contributed by atoms with van der Waals surface area (Å²) in [6.07, 6.45) is 0. The van der Waals surface area contributed by atoms with Crippen LogP contribution in [0.25, 0.3) is 0 Å². The number of piperazine rings is 2. The smallest absolute Gasteiger partial charge is 0.262 e. The van der Waals surface area contributed by atoms with Crippen LogP contribution in [0.15, 0.2) is 10.2 Å². The van der Waals surface area contributed by atoms with Gasteiger partial charge < -0.3 is 9.80 Å². The molecule has 4 atom stereocenters. The van der Waals surface area contributed by atoms with E-state index in [0.29, 0.717) is 26.2 Å². The van der Waals surface area contributed by atoms with E-state index < -0.39 is 22.4 Å². The Kier molecular flexibility index (Phi) is 1.35. The van der Waals surface area contributed by atoms with Gasteiger partial charge in [0.15, 0.2) is 0 Å². The van der Waals surface area contributed by atoms with Crippen molar-refractivity contribution in [3.05, 3.63) is 0 Å². The number of rotatable bonds is 2. The largest absolute Gasteiger partial charge is 0.314 e. The van der Waals surface area contributed by atoms with Gasteiger partial charge in [-0.1, -0.05) is 0 Å². The van der Waals surface area contributed by atoms with E-state index in [1.54, 1.807) is 0 Å². The fraction of sp³-hybridized carbons (Fsp3) is 0.667. The summed E-state index contributed by atoms with van der Waals surface area (Å²) in [6.45, 7) is 1.84. The minimum absolute atomic E-state index is 0.239. The zero-order valence-electron chi connectivity index (χ0n) is 11.3. The lowest BCUT2D eigenvalue weighted by Crippen LogP contribution is -2.46. The summed E-state index contributed by atoms with van der Waals surface area (Å²) < 4.78 is 0. The zero-order chi connectivity index (χ0) is 15.1. The Labute approximate surface area is 122 Å². The Bertz CT molecular complexity index is 730. The maximum absolute atomic E-state index is 12.2. The molecular formula is C12H10N6O4. The molecule has 4 heterocycles. The van der Waals surface area contributed by atoms with Crippen LogP contribution < -0.4 is 10.6 Å². The van der Waals surface area contributed by atoms with Crippen molar-refractivity contribution >= 4 is 23.4 Å². The van der Waals surface area contributed by atoms with Gasteiger partial charge in [0.25, 0.3) is 11.8 Å². The Morgan fingerprint density at radius 3 is 1.59 bits per heavy atom. The molecule has 0 aromatic heterocycles. The first kappa shape index (κ1) is 11.4. The fourth-order valence-corrected chi connectivity index (χ4v) is 4.50. The third kappa shape index (κ3) is 0.699. The highest BCUT2D eigenvalue weighted by Crippen LogP contribution is 2.65. The molecule has 2 N–H and O–H groups in total. The molecule has 6 rings (SSSR count). The zero-order valence-corrected chi connectivity index (χ0v) is 11.3. The first-order chi connectivity index (χ1) is 10.5. The molecule has 6 aliphatic rings. The van der Waals surface area contributed by atoms with Gasteiger partial charge in [-0.3, -0.25) is 29.8 Å². The van der Waals surface area contributed by atoms with Crippen LogP contribution in [0.1, 0.15) is 0 Å². The molecule has 10 heteroatoms. The second-order valence-electron chi connectivity index (χ2n) is 6.47. The standard InChI is InChI=1S/C12H10N6O4/c19-5-9-7(21)17(9)3-1-13-11(5,9)15-16-12-6(20)10(12)8(22)18(10)4-2-14-12/h13-14H,1-4H2/b16-15+. The van der Waals surface area contributed by atoms with E-state index in [2.05, 4.69) is 20.9 Å². The molecule has 4 saturated heterocycles. The van der Waals surface area contributed by atoms with Gasteiger partial charge in [0.1, 0.15) is 0 Å². The van der Waals surface area contributed by atoms with Gasteiger partial charge in [-0.15, -0.1) is 0 Å². The van der Waals surface area contributed by atoms with E-state index in [0.717, 1.165) is 0 Å². The fourth-order valence-electron chi connectivity index (χ4n) is 4.50. The van der Waals surface area contributed by atoms with Gasteiger partial charge in [-0.05, 0) is 0 Å². The third-order valence-electron chi connectivity index (χ3n) is 5.84.